The third-order valence-electron chi connectivity index (χ3n) is 3.50. The third kappa shape index (κ3) is 2.86. The molecule has 0 saturated carbocycles. The second kappa shape index (κ2) is 4.76. The summed E-state index contributed by atoms with van der Waals surface area (Å²) in [5.41, 5.74) is 0.427. The molecule has 1 aromatic heterocycles. The van der Waals surface area contributed by atoms with Gasteiger partial charge >= 0.3 is 11.7 Å². The summed E-state index contributed by atoms with van der Waals surface area (Å²) in [6.07, 6.45) is 0.751. The molecule has 114 valence electrons. The van der Waals surface area contributed by atoms with Gasteiger partial charge in [0.2, 0.25) is 0 Å². The number of hydrogen-bond acceptors (Lipinski definition) is 2. The quantitative estimate of drug-likeness (QED) is 0.911. The van der Waals surface area contributed by atoms with Crippen molar-refractivity contribution in [1.29, 1.82) is 0 Å². The van der Waals surface area contributed by atoms with Gasteiger partial charge < -0.3 is 10.1 Å². The number of nitrogens with one attached hydrogen (secondary N) is 1. The normalized spacial score (nSPS) is 12.8. The van der Waals surface area contributed by atoms with Gasteiger partial charge in [-0.15, -0.1) is 0 Å². The molecule has 0 fully saturated rings. The molecule has 1 aromatic carbocycles. The van der Waals surface area contributed by atoms with E-state index in [1.54, 1.807) is 16.7 Å². The molecule has 0 aliphatic heterocycles. The Morgan fingerprint density at radius 3 is 2.38 bits per heavy atom. The number of aromatic nitrogens is 2. The van der Waals surface area contributed by atoms with Crippen LogP contribution in [0.4, 0.5) is 0 Å². The first-order valence-corrected chi connectivity index (χ1v) is 7.00. The Bertz CT molecular complexity index is 745. The lowest BCUT2D eigenvalue weighted by molar-refractivity contribution is 0.0698. The first-order chi connectivity index (χ1) is 9.53. The Labute approximate surface area is 123 Å². The number of carbonyl (C=O) groups is 1. The maximum atomic E-state index is 12.4. The molecule has 0 bridgehead atoms. The molecule has 2 rings (SSSR count). The van der Waals surface area contributed by atoms with Crippen molar-refractivity contribution in [2.75, 3.05) is 0 Å². The van der Waals surface area contributed by atoms with Gasteiger partial charge in [0.15, 0.2) is 0 Å². The number of nitrogens with zero attached hydrogens (tertiary/aromatic N) is 1. The Morgan fingerprint density at radius 1 is 1.24 bits per heavy atom. The van der Waals surface area contributed by atoms with Gasteiger partial charge in [-0.25, -0.2) is 9.59 Å². The van der Waals surface area contributed by atoms with Gasteiger partial charge in [-0.05, 0) is 37.8 Å². The molecule has 5 nitrogen and oxygen atoms in total. The number of H-pyrrole nitrogens is 1. The summed E-state index contributed by atoms with van der Waals surface area (Å²) in [6, 6.07) is 4.90. The minimum Gasteiger partial charge on any atom is -0.478 e. The standard InChI is InChI=1S/C16H22N2O3/c1-15(2,3)9-16(4,5)18-12-10(13(19)20)7-6-8-11(12)17-14(18)21/h6-8H,9H2,1-5H3,(H,17,21)(H,19,20). The predicted octanol–water partition coefficient (Wildman–Crippen LogP) is 3.20. The highest BCUT2D eigenvalue weighted by Gasteiger charge is 2.31. The van der Waals surface area contributed by atoms with Crippen LogP contribution in [0, 0.1) is 5.41 Å². The molecule has 0 aliphatic rings. The van der Waals surface area contributed by atoms with Gasteiger partial charge in [0.25, 0.3) is 0 Å². The summed E-state index contributed by atoms with van der Waals surface area (Å²) in [5.74, 6) is -1.03. The molecule has 21 heavy (non-hydrogen) atoms. The van der Waals surface area contributed by atoms with Crippen molar-refractivity contribution in [3.05, 3.63) is 34.2 Å². The van der Waals surface area contributed by atoms with Crippen molar-refractivity contribution in [2.24, 2.45) is 5.41 Å². The smallest absolute Gasteiger partial charge is 0.337 e. The minimum absolute atomic E-state index is 0.0186. The number of hydrogen-bond donors (Lipinski definition) is 2. The van der Waals surface area contributed by atoms with Crippen molar-refractivity contribution in [3.63, 3.8) is 0 Å². The van der Waals surface area contributed by atoms with E-state index in [0.717, 1.165) is 6.42 Å². The van der Waals surface area contributed by atoms with Crippen molar-refractivity contribution >= 4 is 17.0 Å². The molecule has 0 radical (unpaired) electrons. The van der Waals surface area contributed by atoms with Crippen LogP contribution in [-0.4, -0.2) is 20.6 Å². The van der Waals surface area contributed by atoms with Gasteiger partial charge in [-0.2, -0.15) is 0 Å². The van der Waals surface area contributed by atoms with E-state index in [4.69, 9.17) is 0 Å². The molecule has 0 unspecified atom stereocenters. The van der Waals surface area contributed by atoms with E-state index in [9.17, 15) is 14.7 Å². The van der Waals surface area contributed by atoms with E-state index in [2.05, 4.69) is 25.8 Å². The van der Waals surface area contributed by atoms with Crippen molar-refractivity contribution in [2.45, 2.75) is 46.6 Å². The summed E-state index contributed by atoms with van der Waals surface area (Å²) < 4.78 is 1.58. The number of aromatic amines is 1. The Morgan fingerprint density at radius 2 is 1.86 bits per heavy atom. The number of fused-ring (bicyclic) bond motifs is 1. The van der Waals surface area contributed by atoms with Gasteiger partial charge in [-0.3, -0.25) is 4.57 Å². The Kier molecular flexibility index (Phi) is 3.48. The van der Waals surface area contributed by atoms with Gasteiger partial charge in [-0.1, -0.05) is 26.8 Å². The van der Waals surface area contributed by atoms with E-state index >= 15 is 0 Å². The monoisotopic (exact) mass is 290 g/mol. The van der Waals surface area contributed by atoms with Crippen LogP contribution < -0.4 is 5.69 Å². The lowest BCUT2D eigenvalue weighted by atomic mass is 9.81. The lowest BCUT2D eigenvalue weighted by Crippen LogP contribution is -2.38. The highest BCUT2D eigenvalue weighted by atomic mass is 16.4. The maximum Gasteiger partial charge on any atom is 0.337 e. The SMILES string of the molecule is CC(C)(C)CC(C)(C)n1c(=O)[nH]c2cccc(C(=O)O)c21. The molecule has 0 saturated heterocycles. The van der Waals surface area contributed by atoms with Crippen LogP contribution in [0.1, 0.15) is 51.4 Å². The van der Waals surface area contributed by atoms with E-state index in [0.29, 0.717) is 11.0 Å². The zero-order valence-corrected chi connectivity index (χ0v) is 13.2. The van der Waals surface area contributed by atoms with Crippen LogP contribution in [0.15, 0.2) is 23.0 Å². The number of benzene rings is 1. The highest BCUT2D eigenvalue weighted by Crippen LogP contribution is 2.33. The third-order valence-corrected chi connectivity index (χ3v) is 3.50. The van der Waals surface area contributed by atoms with Crippen molar-refractivity contribution in [3.8, 4) is 0 Å². The zero-order valence-electron chi connectivity index (χ0n) is 13.2. The number of rotatable bonds is 3. The molecule has 5 heteroatoms. The van der Waals surface area contributed by atoms with Crippen LogP contribution in [0.2, 0.25) is 0 Å². The molecule has 0 aliphatic carbocycles. The van der Waals surface area contributed by atoms with Crippen LogP contribution in [-0.2, 0) is 5.54 Å². The van der Waals surface area contributed by atoms with E-state index in [-0.39, 0.29) is 16.7 Å². The fraction of sp³-hybridized carbons (Fsp3) is 0.500. The Hall–Kier alpha value is -2.04. The molecular weight excluding hydrogens is 268 g/mol. The second-order valence-corrected chi connectivity index (χ2v) is 7.32. The first kappa shape index (κ1) is 15.4. The second-order valence-electron chi connectivity index (χ2n) is 7.32. The van der Waals surface area contributed by atoms with E-state index < -0.39 is 11.5 Å². The number of carboxylic acids is 1. The summed E-state index contributed by atoms with van der Waals surface area (Å²) in [5, 5.41) is 9.39. The molecule has 2 aromatic rings. The van der Waals surface area contributed by atoms with Crippen LogP contribution >= 0.6 is 0 Å². The maximum absolute atomic E-state index is 12.4. The topological polar surface area (TPSA) is 75.1 Å². The molecule has 0 amide bonds. The van der Waals surface area contributed by atoms with Crippen molar-refractivity contribution in [1.82, 2.24) is 9.55 Å². The summed E-state index contributed by atoms with van der Waals surface area (Å²) in [7, 11) is 0. The highest BCUT2D eigenvalue weighted by molar-refractivity contribution is 6.01. The van der Waals surface area contributed by atoms with Crippen LogP contribution in [0.25, 0.3) is 11.0 Å². The molecule has 1 heterocycles. The molecular formula is C16H22N2O3. The van der Waals surface area contributed by atoms with Gasteiger partial charge in [0.05, 0.1) is 16.6 Å². The van der Waals surface area contributed by atoms with Crippen molar-refractivity contribution < 1.29 is 9.90 Å². The fourth-order valence-electron chi connectivity index (χ4n) is 3.28. The van der Waals surface area contributed by atoms with Crippen LogP contribution in [0.3, 0.4) is 0 Å². The van der Waals surface area contributed by atoms with Gasteiger partial charge in [0.1, 0.15) is 0 Å². The zero-order chi connectivity index (χ0) is 16.0. The molecule has 0 atom stereocenters. The number of para-hydroxylation sites is 1. The fourth-order valence-corrected chi connectivity index (χ4v) is 3.28. The minimum atomic E-state index is -1.03. The lowest BCUT2D eigenvalue weighted by Gasteiger charge is -2.33. The summed E-state index contributed by atoms with van der Waals surface area (Å²) in [6.45, 7) is 10.2. The summed E-state index contributed by atoms with van der Waals surface area (Å²) in [4.78, 5) is 26.6. The summed E-state index contributed by atoms with van der Waals surface area (Å²) >= 11 is 0. The first-order valence-electron chi connectivity index (χ1n) is 7.00. The van der Waals surface area contributed by atoms with Crippen LogP contribution in [0.5, 0.6) is 0 Å². The average Bonchev–Trinajstić information content (AvgIpc) is 2.61. The predicted molar refractivity (Wildman–Crippen MR) is 82.9 cm³/mol. The largest absolute Gasteiger partial charge is 0.478 e. The average molecular weight is 290 g/mol. The number of aromatic carboxylic acids is 1. The van der Waals surface area contributed by atoms with Gasteiger partial charge in [0, 0.05) is 5.54 Å². The number of imidazole rings is 1. The van der Waals surface area contributed by atoms with E-state index in [1.165, 1.54) is 6.07 Å². The molecule has 0 spiro atoms. The van der Waals surface area contributed by atoms with E-state index in [1.807, 2.05) is 13.8 Å². The Balaban J connectivity index is 2.77. The molecule has 2 N–H and O–H groups in total. The number of carboxylic acid groups (broad SMARTS) is 1.